The summed E-state index contributed by atoms with van der Waals surface area (Å²) in [7, 11) is 1.92. The molecule has 1 N–H and O–H groups in total. The maximum atomic E-state index is 12.4. The molecule has 1 amide bonds. The number of amides is 1. The average molecular weight is 431 g/mol. The van der Waals surface area contributed by atoms with Crippen LogP contribution in [0.4, 0.5) is 0 Å². The molecule has 0 aliphatic heterocycles. The first kappa shape index (κ1) is 22.7. The maximum Gasteiger partial charge on any atom is 0.230 e. The first-order chi connectivity index (χ1) is 14.3. The van der Waals surface area contributed by atoms with E-state index in [-0.39, 0.29) is 12.0 Å². The van der Waals surface area contributed by atoms with E-state index in [9.17, 15) is 4.79 Å². The van der Waals surface area contributed by atoms with Gasteiger partial charge in [0, 0.05) is 13.1 Å². The molecule has 0 radical (unpaired) electrons. The quantitative estimate of drug-likeness (QED) is 0.605. The monoisotopic (exact) mass is 430 g/mol. The zero-order chi connectivity index (χ0) is 21.7. The van der Waals surface area contributed by atoms with Crippen LogP contribution in [0.1, 0.15) is 76.8 Å². The lowest BCUT2D eigenvalue weighted by Gasteiger charge is -2.29. The van der Waals surface area contributed by atoms with Gasteiger partial charge in [0.2, 0.25) is 5.91 Å². The minimum atomic E-state index is -0.237. The Hall–Kier alpha value is -2.02. The molecule has 1 heterocycles. The summed E-state index contributed by atoms with van der Waals surface area (Å²) in [5, 5.41) is 12.5. The van der Waals surface area contributed by atoms with Gasteiger partial charge in [0.25, 0.3) is 0 Å². The third-order valence-corrected chi connectivity index (χ3v) is 6.90. The van der Waals surface area contributed by atoms with E-state index in [0.717, 1.165) is 23.2 Å². The number of thioether (sulfide) groups is 1. The number of nitrogens with one attached hydrogen (secondary N) is 1. The summed E-state index contributed by atoms with van der Waals surface area (Å²) in [6.45, 7) is 8.54. The molecule has 2 aromatic rings. The molecular formula is C23H34N4O2S. The molecule has 7 heteroatoms. The number of ether oxygens (including phenoxy) is 1. The van der Waals surface area contributed by atoms with Gasteiger partial charge in [-0.05, 0) is 49.3 Å². The van der Waals surface area contributed by atoms with Crippen LogP contribution in [0.15, 0.2) is 29.4 Å². The van der Waals surface area contributed by atoms with Crippen LogP contribution in [0.2, 0.25) is 0 Å². The number of carbonyl (C=O) groups excluding carboxylic acids is 1. The number of hydrogen-bond donors (Lipinski definition) is 1. The molecule has 3 unspecified atom stereocenters. The zero-order valence-electron chi connectivity index (χ0n) is 18.7. The highest BCUT2D eigenvalue weighted by Gasteiger charge is 2.23. The Morgan fingerprint density at radius 2 is 1.90 bits per heavy atom. The van der Waals surface area contributed by atoms with E-state index in [1.54, 1.807) is 0 Å². The Balaban J connectivity index is 1.53. The van der Waals surface area contributed by atoms with E-state index >= 15 is 0 Å². The second-order valence-electron chi connectivity index (χ2n) is 8.61. The van der Waals surface area contributed by atoms with Crippen molar-refractivity contribution < 1.29 is 9.53 Å². The van der Waals surface area contributed by atoms with Crippen LogP contribution in [-0.2, 0) is 11.8 Å². The number of carbonyl (C=O) groups is 1. The van der Waals surface area contributed by atoms with Gasteiger partial charge in [-0.1, -0.05) is 57.5 Å². The fraction of sp³-hybridized carbons (Fsp3) is 0.609. The molecule has 0 saturated heterocycles. The third kappa shape index (κ3) is 5.78. The van der Waals surface area contributed by atoms with Gasteiger partial charge in [0.15, 0.2) is 17.1 Å². The van der Waals surface area contributed by atoms with Gasteiger partial charge >= 0.3 is 0 Å². The lowest BCUT2D eigenvalue weighted by molar-refractivity contribution is -0.119. The number of hydrogen-bond acceptors (Lipinski definition) is 5. The first-order valence-electron chi connectivity index (χ1n) is 10.9. The molecule has 1 aliphatic rings. The summed E-state index contributed by atoms with van der Waals surface area (Å²) in [6.07, 6.45) is 4.51. The Morgan fingerprint density at radius 3 is 2.57 bits per heavy atom. The van der Waals surface area contributed by atoms with Crippen molar-refractivity contribution in [3.8, 4) is 5.75 Å². The molecule has 1 aromatic heterocycles. The van der Waals surface area contributed by atoms with E-state index in [2.05, 4.69) is 48.4 Å². The lowest BCUT2D eigenvalue weighted by Crippen LogP contribution is -2.41. The second kappa shape index (κ2) is 10.3. The molecule has 3 rings (SSSR count). The second-order valence-corrected chi connectivity index (χ2v) is 9.55. The molecule has 6 nitrogen and oxygen atoms in total. The van der Waals surface area contributed by atoms with E-state index in [0.29, 0.717) is 23.6 Å². The Kier molecular flexibility index (Phi) is 7.81. The Bertz CT molecular complexity index is 834. The van der Waals surface area contributed by atoms with Crippen LogP contribution in [0.5, 0.6) is 5.75 Å². The molecule has 30 heavy (non-hydrogen) atoms. The smallest absolute Gasteiger partial charge is 0.230 e. The normalized spacial score (nSPS) is 20.2. The minimum absolute atomic E-state index is 0.0674. The van der Waals surface area contributed by atoms with Crippen LogP contribution in [0, 0.1) is 5.92 Å². The summed E-state index contributed by atoms with van der Waals surface area (Å²) in [5.74, 6) is 3.02. The molecule has 0 spiro atoms. The molecule has 1 saturated carbocycles. The molecule has 0 bridgehead atoms. The molecule has 1 aromatic carbocycles. The maximum absolute atomic E-state index is 12.4. The predicted molar refractivity (Wildman–Crippen MR) is 121 cm³/mol. The van der Waals surface area contributed by atoms with Gasteiger partial charge in [-0.2, -0.15) is 0 Å². The highest BCUT2D eigenvalue weighted by atomic mass is 32.2. The van der Waals surface area contributed by atoms with Crippen molar-refractivity contribution in [1.82, 2.24) is 20.1 Å². The summed E-state index contributed by atoms with van der Waals surface area (Å²) < 4.78 is 7.97. The molecule has 1 aliphatic carbocycles. The van der Waals surface area contributed by atoms with Crippen molar-refractivity contribution in [3.05, 3.63) is 35.7 Å². The van der Waals surface area contributed by atoms with Crippen LogP contribution >= 0.6 is 11.8 Å². The molecule has 1 fully saturated rings. The van der Waals surface area contributed by atoms with Crippen molar-refractivity contribution in [2.75, 3.05) is 5.75 Å². The van der Waals surface area contributed by atoms with Crippen LogP contribution < -0.4 is 10.1 Å². The Morgan fingerprint density at radius 1 is 1.20 bits per heavy atom. The van der Waals surface area contributed by atoms with Crippen molar-refractivity contribution in [3.63, 3.8) is 0 Å². The lowest BCUT2D eigenvalue weighted by atomic mass is 9.86. The number of benzene rings is 1. The molecular weight excluding hydrogens is 396 g/mol. The topological polar surface area (TPSA) is 69.0 Å². The number of rotatable bonds is 8. The SMILES string of the molecule is CC(C)c1ccc(OC(C)c2nnc(SCC(=O)NC3CCCCC3C)n2C)cc1. The van der Waals surface area contributed by atoms with E-state index in [4.69, 9.17) is 4.74 Å². The first-order valence-corrected chi connectivity index (χ1v) is 11.9. The van der Waals surface area contributed by atoms with Crippen molar-refractivity contribution in [2.45, 2.75) is 76.6 Å². The van der Waals surface area contributed by atoms with Crippen molar-refractivity contribution in [2.24, 2.45) is 13.0 Å². The summed E-state index contributed by atoms with van der Waals surface area (Å²) in [5.41, 5.74) is 1.29. The van der Waals surface area contributed by atoms with Crippen LogP contribution in [-0.4, -0.2) is 32.5 Å². The van der Waals surface area contributed by atoms with Gasteiger partial charge in [-0.3, -0.25) is 4.79 Å². The highest BCUT2D eigenvalue weighted by molar-refractivity contribution is 7.99. The fourth-order valence-corrected chi connectivity index (χ4v) is 4.63. The number of aromatic nitrogens is 3. The van der Waals surface area contributed by atoms with Gasteiger partial charge in [-0.25, -0.2) is 0 Å². The largest absolute Gasteiger partial charge is 0.483 e. The van der Waals surface area contributed by atoms with Gasteiger partial charge in [0.1, 0.15) is 5.75 Å². The molecule has 164 valence electrons. The van der Waals surface area contributed by atoms with Crippen molar-refractivity contribution in [1.29, 1.82) is 0 Å². The molecule has 3 atom stereocenters. The zero-order valence-corrected chi connectivity index (χ0v) is 19.5. The van der Waals surface area contributed by atoms with Gasteiger partial charge in [-0.15, -0.1) is 10.2 Å². The summed E-state index contributed by atoms with van der Waals surface area (Å²) >= 11 is 1.42. The highest BCUT2D eigenvalue weighted by Crippen LogP contribution is 2.26. The summed E-state index contributed by atoms with van der Waals surface area (Å²) in [4.78, 5) is 12.4. The van der Waals surface area contributed by atoms with Crippen molar-refractivity contribution >= 4 is 17.7 Å². The van der Waals surface area contributed by atoms with Crippen LogP contribution in [0.25, 0.3) is 0 Å². The third-order valence-electron chi connectivity index (χ3n) is 5.88. The van der Waals surface area contributed by atoms with E-state index < -0.39 is 0 Å². The van der Waals surface area contributed by atoms with Crippen LogP contribution in [0.3, 0.4) is 0 Å². The summed E-state index contributed by atoms with van der Waals surface area (Å²) in [6, 6.07) is 8.48. The standard InChI is InChI=1S/C23H34N4O2S/c1-15(2)18-10-12-19(13-11-18)29-17(4)22-25-26-23(27(22)5)30-14-21(28)24-20-9-7-6-8-16(20)3/h10-13,15-17,20H,6-9,14H2,1-5H3,(H,24,28). The predicted octanol–water partition coefficient (Wildman–Crippen LogP) is 4.87. The van der Waals surface area contributed by atoms with E-state index in [1.165, 1.54) is 36.6 Å². The Labute approximate surface area is 184 Å². The number of nitrogens with zero attached hydrogens (tertiary/aromatic N) is 3. The minimum Gasteiger partial charge on any atom is -0.483 e. The van der Waals surface area contributed by atoms with Gasteiger partial charge < -0.3 is 14.6 Å². The average Bonchev–Trinajstić information content (AvgIpc) is 3.09. The fourth-order valence-electron chi connectivity index (χ4n) is 3.90. The van der Waals surface area contributed by atoms with Gasteiger partial charge in [0.05, 0.1) is 5.75 Å². The van der Waals surface area contributed by atoms with E-state index in [1.807, 2.05) is 30.7 Å².